The number of carbonyl (C=O) groups excluding carboxylic acids is 1. The minimum Gasteiger partial charge on any atom is -0.325 e. The average molecular weight is 347 g/mol. The second-order valence-electron chi connectivity index (χ2n) is 6.17. The highest BCUT2D eigenvalue weighted by atomic mass is 16.2. The maximum Gasteiger partial charge on any atom is 0.248 e. The SMILES string of the molecule is CN(CC(=O)Nc1ccccc1-c1ccccc1)Cc1cccc(=O)[nH]1. The molecule has 0 saturated heterocycles. The van der Waals surface area contributed by atoms with Crippen molar-refractivity contribution in [2.24, 2.45) is 0 Å². The summed E-state index contributed by atoms with van der Waals surface area (Å²) >= 11 is 0. The van der Waals surface area contributed by atoms with Crippen LogP contribution in [0.2, 0.25) is 0 Å². The van der Waals surface area contributed by atoms with Gasteiger partial charge in [0.1, 0.15) is 0 Å². The molecule has 5 heteroatoms. The molecule has 0 unspecified atom stereocenters. The lowest BCUT2D eigenvalue weighted by molar-refractivity contribution is -0.117. The molecule has 1 heterocycles. The largest absolute Gasteiger partial charge is 0.325 e. The molecule has 2 N–H and O–H groups in total. The summed E-state index contributed by atoms with van der Waals surface area (Å²) in [6.07, 6.45) is 0. The number of nitrogens with zero attached hydrogens (tertiary/aromatic N) is 1. The highest BCUT2D eigenvalue weighted by Gasteiger charge is 2.11. The standard InChI is InChI=1S/C21H21N3O2/c1-24(14-17-10-7-13-20(25)22-17)15-21(26)23-19-12-6-5-11-18(19)16-8-3-2-4-9-16/h2-13H,14-15H2,1H3,(H,22,25)(H,23,26). The number of hydrogen-bond donors (Lipinski definition) is 2. The number of carbonyl (C=O) groups is 1. The molecular weight excluding hydrogens is 326 g/mol. The summed E-state index contributed by atoms with van der Waals surface area (Å²) in [6, 6.07) is 22.7. The third-order valence-corrected chi connectivity index (χ3v) is 3.97. The second kappa shape index (κ2) is 8.27. The summed E-state index contributed by atoms with van der Waals surface area (Å²) in [5.74, 6) is -0.103. The van der Waals surface area contributed by atoms with Gasteiger partial charge < -0.3 is 10.3 Å². The number of likely N-dealkylation sites (N-methyl/N-ethyl adjacent to an activating group) is 1. The van der Waals surface area contributed by atoms with E-state index in [0.717, 1.165) is 22.5 Å². The molecule has 0 spiro atoms. The topological polar surface area (TPSA) is 65.2 Å². The molecule has 0 aliphatic rings. The van der Waals surface area contributed by atoms with Crippen LogP contribution in [0.15, 0.2) is 77.6 Å². The molecule has 0 radical (unpaired) electrons. The average Bonchev–Trinajstić information content (AvgIpc) is 2.62. The predicted molar refractivity (Wildman–Crippen MR) is 104 cm³/mol. The quantitative estimate of drug-likeness (QED) is 0.720. The number of para-hydroxylation sites is 1. The molecule has 0 aliphatic carbocycles. The maximum absolute atomic E-state index is 12.4. The minimum atomic E-state index is -0.142. The van der Waals surface area contributed by atoms with Gasteiger partial charge in [-0.15, -0.1) is 0 Å². The van der Waals surface area contributed by atoms with Gasteiger partial charge in [0.25, 0.3) is 0 Å². The van der Waals surface area contributed by atoms with Gasteiger partial charge in [0.05, 0.1) is 6.54 Å². The third-order valence-electron chi connectivity index (χ3n) is 3.97. The van der Waals surface area contributed by atoms with Gasteiger partial charge in [-0.2, -0.15) is 0 Å². The molecule has 0 atom stereocenters. The first-order chi connectivity index (χ1) is 12.6. The Morgan fingerprint density at radius 2 is 1.69 bits per heavy atom. The molecule has 5 nitrogen and oxygen atoms in total. The van der Waals surface area contributed by atoms with Crippen LogP contribution in [0, 0.1) is 0 Å². The molecule has 0 bridgehead atoms. The molecule has 132 valence electrons. The first-order valence-corrected chi connectivity index (χ1v) is 8.43. The van der Waals surface area contributed by atoms with E-state index in [1.165, 1.54) is 6.07 Å². The fourth-order valence-electron chi connectivity index (χ4n) is 2.83. The Kier molecular flexibility index (Phi) is 5.61. The first-order valence-electron chi connectivity index (χ1n) is 8.43. The van der Waals surface area contributed by atoms with E-state index in [2.05, 4.69) is 10.3 Å². The minimum absolute atomic E-state index is 0.103. The van der Waals surface area contributed by atoms with Crippen molar-refractivity contribution in [3.63, 3.8) is 0 Å². The van der Waals surface area contributed by atoms with Gasteiger partial charge >= 0.3 is 0 Å². The van der Waals surface area contributed by atoms with Gasteiger partial charge in [-0.3, -0.25) is 14.5 Å². The Morgan fingerprint density at radius 1 is 0.962 bits per heavy atom. The molecule has 0 saturated carbocycles. The Morgan fingerprint density at radius 3 is 2.46 bits per heavy atom. The zero-order valence-electron chi connectivity index (χ0n) is 14.6. The summed E-state index contributed by atoms with van der Waals surface area (Å²) in [5, 5.41) is 2.98. The van der Waals surface area contributed by atoms with E-state index in [1.807, 2.05) is 72.6 Å². The number of rotatable bonds is 6. The van der Waals surface area contributed by atoms with E-state index in [0.29, 0.717) is 6.54 Å². The van der Waals surface area contributed by atoms with Crippen molar-refractivity contribution in [2.75, 3.05) is 18.9 Å². The molecule has 1 aromatic heterocycles. The highest BCUT2D eigenvalue weighted by Crippen LogP contribution is 2.27. The van der Waals surface area contributed by atoms with Crippen molar-refractivity contribution in [1.29, 1.82) is 0 Å². The number of aromatic nitrogens is 1. The van der Waals surface area contributed by atoms with Crippen molar-refractivity contribution in [3.05, 3.63) is 88.8 Å². The number of amides is 1. The van der Waals surface area contributed by atoms with Crippen LogP contribution in [0.4, 0.5) is 5.69 Å². The number of anilines is 1. The lowest BCUT2D eigenvalue weighted by atomic mass is 10.0. The Hall–Kier alpha value is -3.18. The Balaban J connectivity index is 1.66. The van der Waals surface area contributed by atoms with Crippen molar-refractivity contribution in [1.82, 2.24) is 9.88 Å². The highest BCUT2D eigenvalue weighted by molar-refractivity contribution is 5.96. The van der Waals surface area contributed by atoms with E-state index in [1.54, 1.807) is 6.07 Å². The van der Waals surface area contributed by atoms with Crippen LogP contribution in [0.25, 0.3) is 11.1 Å². The van der Waals surface area contributed by atoms with Crippen LogP contribution >= 0.6 is 0 Å². The Labute approximate surface area is 152 Å². The number of H-pyrrole nitrogens is 1. The van der Waals surface area contributed by atoms with Crippen LogP contribution in [-0.2, 0) is 11.3 Å². The van der Waals surface area contributed by atoms with E-state index in [4.69, 9.17) is 0 Å². The third kappa shape index (κ3) is 4.68. The molecule has 0 fully saturated rings. The zero-order valence-corrected chi connectivity index (χ0v) is 14.6. The summed E-state index contributed by atoms with van der Waals surface area (Å²) in [4.78, 5) is 28.4. The fourth-order valence-corrected chi connectivity index (χ4v) is 2.83. The molecule has 3 aromatic rings. The lowest BCUT2D eigenvalue weighted by Gasteiger charge is -2.17. The summed E-state index contributed by atoms with van der Waals surface area (Å²) in [6.45, 7) is 0.712. The maximum atomic E-state index is 12.4. The Bertz CT molecular complexity index is 935. The smallest absolute Gasteiger partial charge is 0.248 e. The molecule has 0 aliphatic heterocycles. The van der Waals surface area contributed by atoms with Crippen molar-refractivity contribution < 1.29 is 4.79 Å². The first kappa shape index (κ1) is 17.6. The van der Waals surface area contributed by atoms with Crippen molar-refractivity contribution >= 4 is 11.6 Å². The molecular formula is C21H21N3O2. The molecule has 2 aromatic carbocycles. The van der Waals surface area contributed by atoms with Crippen LogP contribution in [-0.4, -0.2) is 29.4 Å². The molecule has 1 amide bonds. The van der Waals surface area contributed by atoms with Gasteiger partial charge in [-0.25, -0.2) is 0 Å². The monoisotopic (exact) mass is 347 g/mol. The molecule has 26 heavy (non-hydrogen) atoms. The summed E-state index contributed by atoms with van der Waals surface area (Å²) in [7, 11) is 1.84. The van der Waals surface area contributed by atoms with Gasteiger partial charge in [-0.1, -0.05) is 54.6 Å². The molecule has 3 rings (SSSR count). The van der Waals surface area contributed by atoms with Crippen LogP contribution < -0.4 is 10.9 Å². The van der Waals surface area contributed by atoms with Crippen molar-refractivity contribution in [3.8, 4) is 11.1 Å². The van der Waals surface area contributed by atoms with Crippen LogP contribution in [0.1, 0.15) is 5.69 Å². The predicted octanol–water partition coefficient (Wildman–Crippen LogP) is 3.11. The normalized spacial score (nSPS) is 10.7. The number of hydrogen-bond acceptors (Lipinski definition) is 3. The van der Waals surface area contributed by atoms with Crippen molar-refractivity contribution in [2.45, 2.75) is 6.54 Å². The number of benzene rings is 2. The fraction of sp³-hybridized carbons (Fsp3) is 0.143. The number of nitrogens with one attached hydrogen (secondary N) is 2. The number of pyridine rings is 1. The summed E-state index contributed by atoms with van der Waals surface area (Å²) in [5.41, 5.74) is 3.45. The van der Waals surface area contributed by atoms with Crippen LogP contribution in [0.5, 0.6) is 0 Å². The number of aromatic amines is 1. The van der Waals surface area contributed by atoms with E-state index >= 15 is 0 Å². The van der Waals surface area contributed by atoms with Gasteiger partial charge in [-0.05, 0) is 24.7 Å². The van der Waals surface area contributed by atoms with E-state index < -0.39 is 0 Å². The van der Waals surface area contributed by atoms with Gasteiger partial charge in [0.15, 0.2) is 0 Å². The van der Waals surface area contributed by atoms with Gasteiger partial charge in [0.2, 0.25) is 11.5 Å². The lowest BCUT2D eigenvalue weighted by Crippen LogP contribution is -2.30. The second-order valence-corrected chi connectivity index (χ2v) is 6.17. The van der Waals surface area contributed by atoms with E-state index in [9.17, 15) is 9.59 Å². The van der Waals surface area contributed by atoms with Gasteiger partial charge in [0, 0.05) is 29.6 Å². The summed E-state index contributed by atoms with van der Waals surface area (Å²) < 4.78 is 0. The van der Waals surface area contributed by atoms with E-state index in [-0.39, 0.29) is 18.0 Å². The zero-order chi connectivity index (χ0) is 18.4. The van der Waals surface area contributed by atoms with Crippen LogP contribution in [0.3, 0.4) is 0 Å².